The zero-order valence-electron chi connectivity index (χ0n) is 25.5. The Morgan fingerprint density at radius 2 is 1.33 bits per heavy atom. The van der Waals surface area contributed by atoms with Crippen LogP contribution in [0.4, 0.5) is 4.79 Å². The van der Waals surface area contributed by atoms with Gasteiger partial charge in [-0.25, -0.2) is 4.79 Å². The molecule has 0 aliphatic carbocycles. The fourth-order valence-electron chi connectivity index (χ4n) is 5.04. The number of nitrogens with one attached hydrogen (secondary N) is 3. The maximum absolute atomic E-state index is 12.3. The molecule has 2 amide bonds. The monoisotopic (exact) mass is 586 g/mol. The van der Waals surface area contributed by atoms with Gasteiger partial charge in [-0.3, -0.25) is 9.69 Å². The lowest BCUT2D eigenvalue weighted by atomic mass is 9.94. The molecule has 0 aliphatic heterocycles. The molecule has 0 saturated heterocycles. The Balaban J connectivity index is 2.13. The van der Waals surface area contributed by atoms with E-state index in [1.165, 1.54) is 4.90 Å². The summed E-state index contributed by atoms with van der Waals surface area (Å²) >= 11 is 0. The molecule has 0 radical (unpaired) electrons. The van der Waals surface area contributed by atoms with Crippen molar-refractivity contribution >= 4 is 12.0 Å². The Morgan fingerprint density at radius 1 is 0.810 bits per heavy atom. The van der Waals surface area contributed by atoms with Gasteiger partial charge in [0.2, 0.25) is 5.91 Å². The van der Waals surface area contributed by atoms with Crippen molar-refractivity contribution < 1.29 is 30.0 Å². The van der Waals surface area contributed by atoms with Crippen LogP contribution in [-0.2, 0) is 17.6 Å². The van der Waals surface area contributed by atoms with Gasteiger partial charge >= 0.3 is 6.09 Å². The summed E-state index contributed by atoms with van der Waals surface area (Å²) in [5.41, 5.74) is 1.20. The van der Waals surface area contributed by atoms with Gasteiger partial charge in [-0.1, -0.05) is 74.5 Å². The van der Waals surface area contributed by atoms with Crippen LogP contribution in [-0.4, -0.2) is 99.4 Å². The molecule has 234 valence electrons. The molecule has 5 atom stereocenters. The molecule has 2 aromatic rings. The van der Waals surface area contributed by atoms with Gasteiger partial charge in [0, 0.05) is 37.3 Å². The van der Waals surface area contributed by atoms with E-state index in [9.17, 15) is 24.9 Å². The van der Waals surface area contributed by atoms with Crippen LogP contribution < -0.4 is 16.0 Å². The summed E-state index contributed by atoms with van der Waals surface area (Å²) in [6.07, 6.45) is -2.14. The van der Waals surface area contributed by atoms with Gasteiger partial charge in [-0.05, 0) is 50.7 Å². The van der Waals surface area contributed by atoms with E-state index in [2.05, 4.69) is 16.0 Å². The first-order valence-corrected chi connectivity index (χ1v) is 14.6. The third-order valence-corrected chi connectivity index (χ3v) is 7.36. The third kappa shape index (κ3) is 11.7. The minimum Gasteiger partial charge on any atom is -0.465 e. The van der Waals surface area contributed by atoms with Gasteiger partial charge in [0.1, 0.15) is 6.61 Å². The SMILES string of the molecule is CC(C)[C@@H](CN[C@@H](Cc1ccccc1)[C@H](O)CNC[C@@H](O)[C@H](Cc1ccccc1)N(C(=O)O)C(C)(C)C)NC(=O)CO. The molecular weight excluding hydrogens is 536 g/mol. The van der Waals surface area contributed by atoms with E-state index in [0.29, 0.717) is 19.4 Å². The molecule has 0 bridgehead atoms. The average molecular weight is 587 g/mol. The Kier molecular flexibility index (Phi) is 14.4. The molecule has 0 heterocycles. The predicted octanol–water partition coefficient (Wildman–Crippen LogP) is 2.02. The first-order chi connectivity index (χ1) is 19.8. The maximum atomic E-state index is 12.3. The maximum Gasteiger partial charge on any atom is 0.408 e. The van der Waals surface area contributed by atoms with Gasteiger partial charge < -0.3 is 36.4 Å². The summed E-state index contributed by atoms with van der Waals surface area (Å²) in [5, 5.41) is 51.1. The van der Waals surface area contributed by atoms with Crippen molar-refractivity contribution in [1.82, 2.24) is 20.9 Å². The molecule has 0 aromatic heterocycles. The number of carbonyl (C=O) groups excluding carboxylic acids is 1. The average Bonchev–Trinajstić information content (AvgIpc) is 2.93. The van der Waals surface area contributed by atoms with Crippen LogP contribution >= 0.6 is 0 Å². The number of hydrogen-bond acceptors (Lipinski definition) is 7. The predicted molar refractivity (Wildman–Crippen MR) is 164 cm³/mol. The summed E-state index contributed by atoms with van der Waals surface area (Å²) in [6, 6.07) is 17.9. The molecule has 0 aliphatic rings. The van der Waals surface area contributed by atoms with E-state index < -0.39 is 42.4 Å². The Bertz CT molecular complexity index is 1060. The number of carboxylic acid groups (broad SMARTS) is 1. The summed E-state index contributed by atoms with van der Waals surface area (Å²) in [4.78, 5) is 25.4. The summed E-state index contributed by atoms with van der Waals surface area (Å²) in [6.45, 7) is 9.37. The van der Waals surface area contributed by atoms with Crippen molar-refractivity contribution in [3.05, 3.63) is 71.8 Å². The molecular formula is C32H50N4O6. The number of aliphatic hydroxyl groups excluding tert-OH is 3. The quantitative estimate of drug-likeness (QED) is 0.149. The van der Waals surface area contributed by atoms with Gasteiger partial charge in [-0.2, -0.15) is 0 Å². The fourth-order valence-corrected chi connectivity index (χ4v) is 5.04. The van der Waals surface area contributed by atoms with Gasteiger partial charge in [0.15, 0.2) is 0 Å². The number of aliphatic hydroxyl groups is 3. The number of rotatable bonds is 17. The molecule has 2 aromatic carbocycles. The van der Waals surface area contributed by atoms with E-state index in [4.69, 9.17) is 5.11 Å². The van der Waals surface area contributed by atoms with E-state index in [1.54, 1.807) is 20.8 Å². The smallest absolute Gasteiger partial charge is 0.408 e. The molecule has 0 spiro atoms. The highest BCUT2D eigenvalue weighted by molar-refractivity contribution is 5.77. The molecule has 42 heavy (non-hydrogen) atoms. The second-order valence-corrected chi connectivity index (χ2v) is 12.2. The zero-order chi connectivity index (χ0) is 31.3. The highest BCUT2D eigenvalue weighted by Gasteiger charge is 2.37. The van der Waals surface area contributed by atoms with Crippen LogP contribution in [0.25, 0.3) is 0 Å². The van der Waals surface area contributed by atoms with Crippen LogP contribution in [0.5, 0.6) is 0 Å². The molecule has 10 nitrogen and oxygen atoms in total. The summed E-state index contributed by atoms with van der Waals surface area (Å²) in [7, 11) is 0. The second kappa shape index (κ2) is 17.2. The van der Waals surface area contributed by atoms with Gasteiger partial charge in [0.05, 0.1) is 18.2 Å². The van der Waals surface area contributed by atoms with Crippen LogP contribution in [0, 0.1) is 5.92 Å². The minimum atomic E-state index is -1.11. The first kappa shape index (κ1) is 35.2. The highest BCUT2D eigenvalue weighted by Crippen LogP contribution is 2.23. The van der Waals surface area contributed by atoms with Crippen LogP contribution in [0.3, 0.4) is 0 Å². The summed E-state index contributed by atoms with van der Waals surface area (Å²) in [5.74, 6) is -0.362. The van der Waals surface area contributed by atoms with E-state index in [0.717, 1.165) is 11.1 Å². The number of carbonyl (C=O) groups is 2. The Labute approximate surface area is 250 Å². The van der Waals surface area contributed by atoms with Crippen molar-refractivity contribution in [3.63, 3.8) is 0 Å². The van der Waals surface area contributed by atoms with Crippen molar-refractivity contribution in [2.24, 2.45) is 5.92 Å². The molecule has 0 saturated carbocycles. The molecule has 0 fully saturated rings. The normalized spacial score (nSPS) is 15.5. The molecule has 0 unspecified atom stereocenters. The minimum absolute atomic E-state index is 0.0770. The first-order valence-electron chi connectivity index (χ1n) is 14.6. The Hall–Kier alpha value is -3.02. The van der Waals surface area contributed by atoms with Crippen LogP contribution in [0.2, 0.25) is 0 Å². The number of nitrogens with zero attached hydrogens (tertiary/aromatic N) is 1. The zero-order valence-corrected chi connectivity index (χ0v) is 25.5. The molecule has 7 N–H and O–H groups in total. The van der Waals surface area contributed by atoms with Crippen molar-refractivity contribution in [2.75, 3.05) is 26.2 Å². The lowest BCUT2D eigenvalue weighted by molar-refractivity contribution is -0.124. The fraction of sp³-hybridized carbons (Fsp3) is 0.562. The lowest BCUT2D eigenvalue weighted by Gasteiger charge is -2.42. The largest absolute Gasteiger partial charge is 0.465 e. The van der Waals surface area contributed by atoms with Crippen molar-refractivity contribution in [1.29, 1.82) is 0 Å². The van der Waals surface area contributed by atoms with Crippen molar-refractivity contribution in [3.8, 4) is 0 Å². The molecule has 10 heteroatoms. The standard InChI is InChI=1S/C32H50N4O6/c1-22(2)26(35-30(40)21-37)18-34-25(16-23-12-8-6-9-13-23)28(38)19-33-20-29(39)27(17-24-14-10-7-11-15-24)36(31(41)42)32(3,4)5/h6-15,22,25-29,33-34,37-39H,16-21H2,1-5H3,(H,35,40)(H,41,42)/t25-,26+,27-,28+,29+/m0/s1. The van der Waals surface area contributed by atoms with E-state index in [1.807, 2.05) is 74.5 Å². The third-order valence-electron chi connectivity index (χ3n) is 7.36. The Morgan fingerprint density at radius 3 is 1.81 bits per heavy atom. The highest BCUT2D eigenvalue weighted by atomic mass is 16.4. The molecule has 2 rings (SSSR count). The number of hydrogen-bond donors (Lipinski definition) is 7. The van der Waals surface area contributed by atoms with Crippen LogP contribution in [0.15, 0.2) is 60.7 Å². The van der Waals surface area contributed by atoms with Crippen molar-refractivity contribution in [2.45, 2.75) is 83.3 Å². The number of amides is 2. The van der Waals surface area contributed by atoms with Gasteiger partial charge in [0.25, 0.3) is 0 Å². The topological polar surface area (TPSA) is 154 Å². The van der Waals surface area contributed by atoms with E-state index in [-0.39, 0.29) is 31.1 Å². The van der Waals surface area contributed by atoms with Crippen LogP contribution in [0.1, 0.15) is 45.7 Å². The second-order valence-electron chi connectivity index (χ2n) is 12.2. The van der Waals surface area contributed by atoms with Gasteiger partial charge in [-0.15, -0.1) is 0 Å². The van der Waals surface area contributed by atoms with E-state index >= 15 is 0 Å². The number of benzene rings is 2. The summed E-state index contributed by atoms with van der Waals surface area (Å²) < 4.78 is 0. The lowest BCUT2D eigenvalue weighted by Crippen LogP contribution is -2.58.